The number of H-pyrrole nitrogens is 1. The van der Waals surface area contributed by atoms with Gasteiger partial charge in [0.2, 0.25) is 5.95 Å². The molecule has 0 bridgehead atoms. The van der Waals surface area contributed by atoms with Gasteiger partial charge in [-0.3, -0.25) is 0 Å². The van der Waals surface area contributed by atoms with Gasteiger partial charge in [0.15, 0.2) is 0 Å². The van der Waals surface area contributed by atoms with E-state index < -0.39 is 11.7 Å². The number of piperazine rings is 1. The second-order valence-electron chi connectivity index (χ2n) is 8.93. The van der Waals surface area contributed by atoms with Gasteiger partial charge in [0.1, 0.15) is 17.2 Å². The van der Waals surface area contributed by atoms with Crippen LogP contribution in [0.3, 0.4) is 0 Å². The van der Waals surface area contributed by atoms with Crippen molar-refractivity contribution in [3.63, 3.8) is 0 Å². The highest BCUT2D eigenvalue weighted by atomic mass is 19.4. The van der Waals surface area contributed by atoms with Gasteiger partial charge in [0.25, 0.3) is 0 Å². The molecule has 0 amide bonds. The summed E-state index contributed by atoms with van der Waals surface area (Å²) in [4.78, 5) is 22.4. The van der Waals surface area contributed by atoms with Crippen molar-refractivity contribution in [3.05, 3.63) is 54.1 Å². The number of halogens is 3. The van der Waals surface area contributed by atoms with Crippen molar-refractivity contribution in [1.82, 2.24) is 30.2 Å². The highest BCUT2D eigenvalue weighted by molar-refractivity contribution is 5.95. The van der Waals surface area contributed by atoms with E-state index in [1.165, 1.54) is 6.20 Å². The Morgan fingerprint density at radius 1 is 1.17 bits per heavy atom. The van der Waals surface area contributed by atoms with E-state index in [4.69, 9.17) is 5.73 Å². The zero-order valence-corrected chi connectivity index (χ0v) is 19.8. The number of aromatic amines is 1. The van der Waals surface area contributed by atoms with Gasteiger partial charge in [-0.1, -0.05) is 6.07 Å². The molecule has 4 aromatic heterocycles. The summed E-state index contributed by atoms with van der Waals surface area (Å²) in [5, 5.41) is 6.92. The van der Waals surface area contributed by atoms with Crippen LogP contribution < -0.4 is 21.3 Å². The molecule has 36 heavy (non-hydrogen) atoms. The average molecular weight is 498 g/mol. The van der Waals surface area contributed by atoms with Crippen LogP contribution in [0.1, 0.15) is 31.0 Å². The molecule has 1 saturated heterocycles. The maximum atomic E-state index is 13.2. The van der Waals surface area contributed by atoms with Crippen molar-refractivity contribution in [2.45, 2.75) is 32.1 Å². The summed E-state index contributed by atoms with van der Waals surface area (Å²) >= 11 is 0. The van der Waals surface area contributed by atoms with Crippen LogP contribution in [0, 0.1) is 0 Å². The largest absolute Gasteiger partial charge is 0.417 e. The topological polar surface area (TPSA) is 121 Å². The first-order chi connectivity index (χ1) is 17.2. The summed E-state index contributed by atoms with van der Waals surface area (Å²) < 4.78 is 39.7. The van der Waals surface area contributed by atoms with E-state index in [0.717, 1.165) is 43.3 Å². The molecule has 188 valence electrons. The van der Waals surface area contributed by atoms with Crippen molar-refractivity contribution in [1.29, 1.82) is 0 Å². The Hall–Kier alpha value is -3.93. The number of hydrogen-bond donors (Lipinski definition) is 4. The van der Waals surface area contributed by atoms with Crippen molar-refractivity contribution in [2.75, 3.05) is 35.6 Å². The molecule has 0 spiro atoms. The zero-order chi connectivity index (χ0) is 25.4. The second kappa shape index (κ2) is 9.26. The number of hydrogen-bond acceptors (Lipinski definition) is 8. The van der Waals surface area contributed by atoms with Crippen molar-refractivity contribution < 1.29 is 13.2 Å². The standard InChI is InChI=1S/C24H26F3N9/c1-13-12-36(6-5-29-13)20-4-3-15(8-30-20)14(2)34-23-33-11-19(28)21(35-23)18-10-32-22-17(18)7-16(9-31-22)24(25,26)27/h3-4,7-11,13-14,29H,5-6,12,28H2,1-2H3,(H,31,32)(H,33,34,35)/t13-,14-/m1/s1. The molecule has 9 nitrogen and oxygen atoms in total. The molecular weight excluding hydrogens is 471 g/mol. The van der Waals surface area contributed by atoms with Crippen LogP contribution in [0.25, 0.3) is 22.3 Å². The summed E-state index contributed by atoms with van der Waals surface area (Å²) in [5.41, 5.74) is 7.47. The minimum absolute atomic E-state index is 0.175. The maximum Gasteiger partial charge on any atom is 0.417 e. The quantitative estimate of drug-likeness (QED) is 0.327. The van der Waals surface area contributed by atoms with Gasteiger partial charge in [-0.2, -0.15) is 13.2 Å². The number of rotatable bonds is 5. The number of fused-ring (bicyclic) bond motifs is 1. The molecule has 5 heterocycles. The van der Waals surface area contributed by atoms with Gasteiger partial charge in [0, 0.05) is 55.2 Å². The summed E-state index contributed by atoms with van der Waals surface area (Å²) in [5.74, 6) is 1.22. The van der Waals surface area contributed by atoms with E-state index in [1.807, 2.05) is 25.3 Å². The van der Waals surface area contributed by atoms with E-state index in [9.17, 15) is 13.2 Å². The minimum atomic E-state index is -4.51. The smallest absolute Gasteiger partial charge is 0.396 e. The van der Waals surface area contributed by atoms with Gasteiger partial charge in [-0.05, 0) is 31.5 Å². The van der Waals surface area contributed by atoms with Crippen molar-refractivity contribution in [3.8, 4) is 11.3 Å². The van der Waals surface area contributed by atoms with Crippen molar-refractivity contribution >= 4 is 28.5 Å². The first-order valence-electron chi connectivity index (χ1n) is 11.6. The minimum Gasteiger partial charge on any atom is -0.396 e. The Labute approximate surface area is 205 Å². The molecule has 0 radical (unpaired) electrons. The molecule has 2 atom stereocenters. The van der Waals surface area contributed by atoms with Gasteiger partial charge in [0.05, 0.1) is 23.5 Å². The first kappa shape index (κ1) is 23.8. The number of pyridine rings is 2. The van der Waals surface area contributed by atoms with Crippen molar-refractivity contribution in [2.24, 2.45) is 0 Å². The van der Waals surface area contributed by atoms with Crippen LogP contribution in [-0.4, -0.2) is 50.6 Å². The van der Waals surface area contributed by atoms with Crippen LogP contribution >= 0.6 is 0 Å². The van der Waals surface area contributed by atoms with Crippen LogP contribution in [-0.2, 0) is 6.18 Å². The van der Waals surface area contributed by atoms with E-state index in [0.29, 0.717) is 28.9 Å². The molecule has 0 saturated carbocycles. The molecule has 0 unspecified atom stereocenters. The van der Waals surface area contributed by atoms with E-state index in [-0.39, 0.29) is 17.1 Å². The number of anilines is 3. The highest BCUT2D eigenvalue weighted by Gasteiger charge is 2.31. The van der Waals surface area contributed by atoms with Crippen LogP contribution in [0.5, 0.6) is 0 Å². The Bertz CT molecular complexity index is 1370. The Balaban J connectivity index is 1.38. The monoisotopic (exact) mass is 497 g/mol. The highest BCUT2D eigenvalue weighted by Crippen LogP contribution is 2.35. The number of aromatic nitrogens is 5. The number of nitrogens with one attached hydrogen (secondary N) is 3. The lowest BCUT2D eigenvalue weighted by Gasteiger charge is -2.32. The lowest BCUT2D eigenvalue weighted by Crippen LogP contribution is -2.49. The van der Waals surface area contributed by atoms with E-state index in [1.54, 1.807) is 6.20 Å². The fourth-order valence-electron chi connectivity index (χ4n) is 4.29. The predicted molar refractivity (Wildman–Crippen MR) is 132 cm³/mol. The summed E-state index contributed by atoms with van der Waals surface area (Å²) in [6.07, 6.45) is 1.08. The summed E-state index contributed by atoms with van der Waals surface area (Å²) in [6, 6.07) is 5.28. The Morgan fingerprint density at radius 2 is 2.00 bits per heavy atom. The normalized spacial score (nSPS) is 17.4. The molecule has 12 heteroatoms. The SMILES string of the molecule is C[C@@H]1CN(c2ccc([C@@H](C)Nc3ncc(N)c(-c4c[nH]c5ncc(C(F)(F)F)cc45)n3)cn2)CCN1. The molecule has 0 aromatic carbocycles. The second-order valence-corrected chi connectivity index (χ2v) is 8.93. The average Bonchev–Trinajstić information content (AvgIpc) is 3.28. The third-order valence-corrected chi connectivity index (χ3v) is 6.24. The molecule has 5 N–H and O–H groups in total. The summed E-state index contributed by atoms with van der Waals surface area (Å²) in [7, 11) is 0. The Morgan fingerprint density at radius 3 is 2.72 bits per heavy atom. The Kier molecular flexibility index (Phi) is 6.12. The molecule has 1 aliphatic rings. The third kappa shape index (κ3) is 4.76. The number of nitrogens with two attached hydrogens (primary N) is 1. The summed E-state index contributed by atoms with van der Waals surface area (Å²) in [6.45, 7) is 6.82. The third-order valence-electron chi connectivity index (χ3n) is 6.24. The lowest BCUT2D eigenvalue weighted by molar-refractivity contribution is -0.137. The molecule has 0 aliphatic carbocycles. The molecular formula is C24H26F3N9. The molecule has 1 fully saturated rings. The van der Waals surface area contributed by atoms with E-state index in [2.05, 4.69) is 47.4 Å². The molecule has 1 aliphatic heterocycles. The molecule has 5 rings (SSSR count). The number of nitrogens with zero attached hydrogens (tertiary/aromatic N) is 5. The fraction of sp³-hybridized carbons (Fsp3) is 0.333. The van der Waals surface area contributed by atoms with Gasteiger partial charge in [-0.15, -0.1) is 0 Å². The number of alkyl halides is 3. The predicted octanol–water partition coefficient (Wildman–Crippen LogP) is 3.99. The lowest BCUT2D eigenvalue weighted by atomic mass is 10.1. The van der Waals surface area contributed by atoms with Crippen LogP contribution in [0.4, 0.5) is 30.6 Å². The fourth-order valence-corrected chi connectivity index (χ4v) is 4.29. The molecule has 4 aromatic rings. The van der Waals surface area contributed by atoms with Gasteiger partial charge < -0.3 is 26.3 Å². The maximum absolute atomic E-state index is 13.2. The zero-order valence-electron chi connectivity index (χ0n) is 19.8. The van der Waals surface area contributed by atoms with E-state index >= 15 is 0 Å². The van der Waals surface area contributed by atoms with Gasteiger partial charge >= 0.3 is 6.18 Å². The van der Waals surface area contributed by atoms with Crippen LogP contribution in [0.2, 0.25) is 0 Å². The number of nitrogen functional groups attached to an aromatic ring is 1. The first-order valence-corrected chi connectivity index (χ1v) is 11.6. The van der Waals surface area contributed by atoms with Crippen LogP contribution in [0.15, 0.2) is 43.0 Å². The van der Waals surface area contributed by atoms with Gasteiger partial charge in [-0.25, -0.2) is 19.9 Å².